The highest BCUT2D eigenvalue weighted by atomic mass is 19.1. The molecule has 1 N–H and O–H groups in total. The van der Waals surface area contributed by atoms with Gasteiger partial charge in [0, 0.05) is 42.5 Å². The van der Waals surface area contributed by atoms with E-state index in [0.29, 0.717) is 13.1 Å². The number of imidazole rings is 1. The van der Waals surface area contributed by atoms with Crippen LogP contribution in [0, 0.1) is 5.82 Å². The van der Waals surface area contributed by atoms with E-state index in [-0.39, 0.29) is 17.8 Å². The van der Waals surface area contributed by atoms with Gasteiger partial charge < -0.3 is 9.88 Å². The van der Waals surface area contributed by atoms with Crippen LogP contribution in [0.3, 0.4) is 0 Å². The first-order valence-electron chi connectivity index (χ1n) is 9.61. The second-order valence-electron chi connectivity index (χ2n) is 6.86. The number of rotatable bonds is 7. The Labute approximate surface area is 173 Å². The van der Waals surface area contributed by atoms with E-state index in [1.165, 1.54) is 12.1 Å². The maximum atomic E-state index is 13.3. The molecule has 30 heavy (non-hydrogen) atoms. The van der Waals surface area contributed by atoms with Crippen LogP contribution in [0.1, 0.15) is 13.0 Å². The molecule has 0 radical (unpaired) electrons. The van der Waals surface area contributed by atoms with Gasteiger partial charge in [-0.2, -0.15) is 5.10 Å². The minimum absolute atomic E-state index is 0.0955. The molecule has 3 heterocycles. The Balaban J connectivity index is 1.52. The van der Waals surface area contributed by atoms with Crippen molar-refractivity contribution in [2.75, 3.05) is 6.54 Å². The van der Waals surface area contributed by atoms with E-state index >= 15 is 0 Å². The van der Waals surface area contributed by atoms with Crippen LogP contribution in [0.5, 0.6) is 0 Å². The molecule has 0 aliphatic heterocycles. The highest BCUT2D eigenvalue weighted by molar-refractivity contribution is 5.79. The Morgan fingerprint density at radius 2 is 1.97 bits per heavy atom. The average molecular weight is 404 g/mol. The number of halogens is 1. The smallest absolute Gasteiger partial charge is 0.242 e. The van der Waals surface area contributed by atoms with Crippen molar-refractivity contribution < 1.29 is 9.18 Å². The molecule has 152 valence electrons. The molecular weight excluding hydrogens is 383 g/mol. The highest BCUT2D eigenvalue weighted by Gasteiger charge is 2.15. The molecule has 1 atom stereocenters. The van der Waals surface area contributed by atoms with Gasteiger partial charge in [-0.05, 0) is 49.4 Å². The number of aromatic nitrogens is 5. The fourth-order valence-electron chi connectivity index (χ4n) is 3.16. The lowest BCUT2D eigenvalue weighted by molar-refractivity contribution is -0.123. The van der Waals surface area contributed by atoms with Gasteiger partial charge in [-0.15, -0.1) is 0 Å². The maximum absolute atomic E-state index is 13.3. The first-order chi connectivity index (χ1) is 14.6. The third kappa shape index (κ3) is 4.27. The minimum Gasteiger partial charge on any atom is -0.352 e. The number of carbonyl (C=O) groups is 1. The summed E-state index contributed by atoms with van der Waals surface area (Å²) in [6, 6.07) is 11.6. The van der Waals surface area contributed by atoms with Crippen molar-refractivity contribution >= 4 is 5.91 Å². The van der Waals surface area contributed by atoms with Gasteiger partial charge in [0.15, 0.2) is 0 Å². The Hall–Kier alpha value is -3.81. The van der Waals surface area contributed by atoms with Crippen molar-refractivity contribution in [3.05, 3.63) is 79.4 Å². The quantitative estimate of drug-likeness (QED) is 0.513. The van der Waals surface area contributed by atoms with Gasteiger partial charge in [0.25, 0.3) is 0 Å². The summed E-state index contributed by atoms with van der Waals surface area (Å²) >= 11 is 0. The van der Waals surface area contributed by atoms with Crippen molar-refractivity contribution in [1.29, 1.82) is 0 Å². The van der Waals surface area contributed by atoms with E-state index in [1.54, 1.807) is 47.8 Å². The zero-order chi connectivity index (χ0) is 20.9. The second-order valence-corrected chi connectivity index (χ2v) is 6.86. The molecule has 0 saturated heterocycles. The summed E-state index contributed by atoms with van der Waals surface area (Å²) in [6.45, 7) is 2.71. The Morgan fingerprint density at radius 1 is 1.13 bits per heavy atom. The Morgan fingerprint density at radius 3 is 2.67 bits per heavy atom. The molecule has 0 unspecified atom stereocenters. The van der Waals surface area contributed by atoms with Gasteiger partial charge in [-0.25, -0.2) is 9.37 Å². The SMILES string of the molecule is C[C@@H](C(=O)NCCn1nc(-c2ccc(F)cc2)cc1-c1cccnc1)n1ccnc1. The van der Waals surface area contributed by atoms with Gasteiger partial charge in [-0.3, -0.25) is 14.5 Å². The average Bonchev–Trinajstić information content (AvgIpc) is 3.45. The molecule has 4 rings (SSSR count). The van der Waals surface area contributed by atoms with Crippen LogP contribution in [-0.2, 0) is 11.3 Å². The maximum Gasteiger partial charge on any atom is 0.242 e. The van der Waals surface area contributed by atoms with E-state index in [4.69, 9.17) is 0 Å². The largest absolute Gasteiger partial charge is 0.352 e. The number of nitrogens with one attached hydrogen (secondary N) is 1. The number of benzene rings is 1. The summed E-state index contributed by atoms with van der Waals surface area (Å²) < 4.78 is 16.9. The van der Waals surface area contributed by atoms with E-state index in [0.717, 1.165) is 22.5 Å². The van der Waals surface area contributed by atoms with Crippen LogP contribution >= 0.6 is 0 Å². The fraction of sp³-hybridized carbons (Fsp3) is 0.182. The molecule has 1 aromatic carbocycles. The van der Waals surface area contributed by atoms with Gasteiger partial charge in [0.05, 0.1) is 24.3 Å². The van der Waals surface area contributed by atoms with E-state index in [9.17, 15) is 9.18 Å². The summed E-state index contributed by atoms with van der Waals surface area (Å²) in [7, 11) is 0. The van der Waals surface area contributed by atoms with Gasteiger partial charge >= 0.3 is 0 Å². The van der Waals surface area contributed by atoms with Crippen LogP contribution in [-0.4, -0.2) is 36.8 Å². The molecule has 0 bridgehead atoms. The standard InChI is InChI=1S/C22H21FN6O/c1-16(28-11-9-25-15-28)22(30)26-10-12-29-21(18-3-2-8-24-14-18)13-20(27-29)17-4-6-19(23)7-5-17/h2-9,11,13-16H,10,12H2,1H3,(H,26,30)/t16-/m0/s1. The van der Waals surface area contributed by atoms with Crippen molar-refractivity contribution in [2.24, 2.45) is 0 Å². The van der Waals surface area contributed by atoms with E-state index < -0.39 is 0 Å². The molecule has 8 heteroatoms. The van der Waals surface area contributed by atoms with Crippen LogP contribution in [0.4, 0.5) is 4.39 Å². The summed E-state index contributed by atoms with van der Waals surface area (Å²) in [4.78, 5) is 20.6. The van der Waals surface area contributed by atoms with Gasteiger partial charge in [0.1, 0.15) is 11.9 Å². The molecule has 0 aliphatic carbocycles. The van der Waals surface area contributed by atoms with Crippen LogP contribution in [0.25, 0.3) is 22.5 Å². The predicted molar refractivity (Wildman–Crippen MR) is 111 cm³/mol. The first-order valence-corrected chi connectivity index (χ1v) is 9.61. The normalized spacial score (nSPS) is 11.9. The van der Waals surface area contributed by atoms with Crippen molar-refractivity contribution in [3.63, 3.8) is 0 Å². The molecule has 0 fully saturated rings. The molecule has 0 saturated carbocycles. The van der Waals surface area contributed by atoms with Crippen LogP contribution in [0.15, 0.2) is 73.6 Å². The number of hydrogen-bond acceptors (Lipinski definition) is 4. The topological polar surface area (TPSA) is 77.6 Å². The van der Waals surface area contributed by atoms with E-state index in [1.807, 2.05) is 29.8 Å². The van der Waals surface area contributed by atoms with Crippen molar-refractivity contribution in [3.8, 4) is 22.5 Å². The molecule has 1 amide bonds. The zero-order valence-electron chi connectivity index (χ0n) is 16.4. The first kappa shape index (κ1) is 19.5. The molecule has 3 aromatic heterocycles. The lowest BCUT2D eigenvalue weighted by atomic mass is 10.1. The van der Waals surface area contributed by atoms with Crippen molar-refractivity contribution in [2.45, 2.75) is 19.5 Å². The van der Waals surface area contributed by atoms with Gasteiger partial charge in [0.2, 0.25) is 5.91 Å². The molecule has 0 spiro atoms. The van der Waals surface area contributed by atoms with Crippen LogP contribution < -0.4 is 5.32 Å². The van der Waals surface area contributed by atoms with Crippen LogP contribution in [0.2, 0.25) is 0 Å². The summed E-state index contributed by atoms with van der Waals surface area (Å²) in [5, 5.41) is 7.62. The zero-order valence-corrected chi connectivity index (χ0v) is 16.4. The molecule has 7 nitrogen and oxygen atoms in total. The Bertz CT molecular complexity index is 1110. The monoisotopic (exact) mass is 404 g/mol. The van der Waals surface area contributed by atoms with Crippen molar-refractivity contribution in [1.82, 2.24) is 29.6 Å². The predicted octanol–water partition coefficient (Wildman–Crippen LogP) is 3.33. The number of hydrogen-bond donors (Lipinski definition) is 1. The van der Waals surface area contributed by atoms with Gasteiger partial charge in [-0.1, -0.05) is 0 Å². The summed E-state index contributed by atoms with van der Waals surface area (Å²) in [6.07, 6.45) is 8.50. The third-order valence-electron chi connectivity index (χ3n) is 4.85. The number of nitrogens with zero attached hydrogens (tertiary/aromatic N) is 5. The molecule has 4 aromatic rings. The minimum atomic E-state index is -0.349. The highest BCUT2D eigenvalue weighted by Crippen LogP contribution is 2.26. The van der Waals surface area contributed by atoms with E-state index in [2.05, 4.69) is 20.4 Å². The molecular formula is C22H21FN6O. The summed E-state index contributed by atoms with van der Waals surface area (Å²) in [5.41, 5.74) is 3.33. The lowest BCUT2D eigenvalue weighted by Crippen LogP contribution is -2.33. The second kappa shape index (κ2) is 8.69. The number of carbonyl (C=O) groups excluding carboxylic acids is 1. The Kier molecular flexibility index (Phi) is 5.65. The lowest BCUT2D eigenvalue weighted by Gasteiger charge is -2.14. The number of amides is 1. The summed E-state index contributed by atoms with van der Waals surface area (Å²) in [5.74, 6) is -0.387. The third-order valence-corrected chi connectivity index (χ3v) is 4.85. The fourth-order valence-corrected chi connectivity index (χ4v) is 3.16. The number of pyridine rings is 1. The molecule has 0 aliphatic rings.